The van der Waals surface area contributed by atoms with Crippen LogP contribution < -0.4 is 10.9 Å². The van der Waals surface area contributed by atoms with E-state index in [4.69, 9.17) is 11.6 Å². The van der Waals surface area contributed by atoms with E-state index < -0.39 is 0 Å². The molecule has 0 saturated heterocycles. The summed E-state index contributed by atoms with van der Waals surface area (Å²) in [5.41, 5.74) is 4.05. The number of hydrogen-bond donors (Lipinski definition) is 2. The van der Waals surface area contributed by atoms with Gasteiger partial charge in [0.1, 0.15) is 11.5 Å². The van der Waals surface area contributed by atoms with E-state index in [-0.39, 0.29) is 11.6 Å². The van der Waals surface area contributed by atoms with E-state index in [2.05, 4.69) is 42.0 Å². The number of benzene rings is 1. The normalized spacial score (nSPS) is 12.1. The Balaban J connectivity index is 1.41. The number of hydrogen-bond acceptors (Lipinski definition) is 5. The van der Waals surface area contributed by atoms with Gasteiger partial charge in [-0.2, -0.15) is 0 Å². The maximum absolute atomic E-state index is 12.6. The summed E-state index contributed by atoms with van der Waals surface area (Å²) < 4.78 is 2.10. The van der Waals surface area contributed by atoms with Crippen molar-refractivity contribution < 1.29 is 0 Å². The average molecular weight is 457 g/mol. The zero-order valence-electron chi connectivity index (χ0n) is 17.9. The lowest BCUT2D eigenvalue weighted by Gasteiger charge is -2.16. The summed E-state index contributed by atoms with van der Waals surface area (Å²) in [5.74, 6) is 0.663. The third-order valence-electron chi connectivity index (χ3n) is 5.48. The number of anilines is 1. The first-order chi connectivity index (χ1) is 16.1. The molecule has 0 aliphatic carbocycles. The number of nitrogens with one attached hydrogen (secondary N) is 2. The molecule has 0 amide bonds. The van der Waals surface area contributed by atoms with Crippen LogP contribution in [0.2, 0.25) is 5.02 Å². The number of rotatable bonds is 6. The van der Waals surface area contributed by atoms with Crippen LogP contribution in [-0.2, 0) is 6.54 Å². The smallest absolute Gasteiger partial charge is 0.254 e. The monoisotopic (exact) mass is 456 g/mol. The second kappa shape index (κ2) is 8.88. The number of pyridine rings is 3. The minimum absolute atomic E-state index is 0.200. The predicted molar refractivity (Wildman–Crippen MR) is 130 cm³/mol. The molecule has 2 N–H and O–H groups in total. The van der Waals surface area contributed by atoms with Gasteiger partial charge in [0.25, 0.3) is 5.56 Å². The van der Waals surface area contributed by atoms with Crippen molar-refractivity contribution in [2.75, 3.05) is 5.32 Å². The Hall–Kier alpha value is -3.97. The highest BCUT2D eigenvalue weighted by Gasteiger charge is 2.14. The van der Waals surface area contributed by atoms with Crippen LogP contribution in [0.5, 0.6) is 0 Å². The summed E-state index contributed by atoms with van der Waals surface area (Å²) in [6.07, 6.45) is 6.93. The second-order valence-corrected chi connectivity index (χ2v) is 8.27. The van der Waals surface area contributed by atoms with Gasteiger partial charge in [-0.3, -0.25) is 4.79 Å². The van der Waals surface area contributed by atoms with Gasteiger partial charge >= 0.3 is 0 Å². The molecule has 4 heterocycles. The van der Waals surface area contributed by atoms with Crippen LogP contribution in [0.25, 0.3) is 22.3 Å². The van der Waals surface area contributed by atoms with Gasteiger partial charge in [0, 0.05) is 35.5 Å². The molecule has 7 nitrogen and oxygen atoms in total. The number of imidazole rings is 1. The summed E-state index contributed by atoms with van der Waals surface area (Å²) in [4.78, 5) is 28.4. The number of aromatic nitrogens is 5. The van der Waals surface area contributed by atoms with Crippen LogP contribution in [0, 0.1) is 0 Å². The number of nitrogens with zero attached hydrogens (tertiary/aromatic N) is 4. The lowest BCUT2D eigenvalue weighted by Crippen LogP contribution is -2.20. The van der Waals surface area contributed by atoms with Gasteiger partial charge in [-0.1, -0.05) is 41.9 Å². The van der Waals surface area contributed by atoms with Crippen LogP contribution in [0.3, 0.4) is 0 Å². The fourth-order valence-electron chi connectivity index (χ4n) is 3.84. The molecule has 8 heteroatoms. The molecular weight excluding hydrogens is 436 g/mol. The highest BCUT2D eigenvalue weighted by Crippen LogP contribution is 2.25. The summed E-state index contributed by atoms with van der Waals surface area (Å²) in [6.45, 7) is 2.64. The maximum atomic E-state index is 12.6. The quantitative estimate of drug-likeness (QED) is 0.373. The van der Waals surface area contributed by atoms with Crippen molar-refractivity contribution in [3.05, 3.63) is 106 Å². The van der Waals surface area contributed by atoms with Crippen molar-refractivity contribution >= 4 is 28.5 Å². The number of halogens is 1. The minimum atomic E-state index is -0.283. The molecule has 5 rings (SSSR count). The molecule has 0 unspecified atom stereocenters. The molecule has 4 aromatic heterocycles. The van der Waals surface area contributed by atoms with Crippen molar-refractivity contribution in [1.82, 2.24) is 24.5 Å². The molecule has 0 bridgehead atoms. The molecule has 5 aromatic rings. The fourth-order valence-corrected chi connectivity index (χ4v) is 4.01. The highest BCUT2D eigenvalue weighted by molar-refractivity contribution is 6.31. The average Bonchev–Trinajstić information content (AvgIpc) is 3.28. The highest BCUT2D eigenvalue weighted by atomic mass is 35.5. The summed E-state index contributed by atoms with van der Waals surface area (Å²) in [5, 5.41) is 4.63. The van der Waals surface area contributed by atoms with Gasteiger partial charge in [0.05, 0.1) is 29.3 Å². The molecule has 33 heavy (non-hydrogen) atoms. The van der Waals surface area contributed by atoms with Crippen LogP contribution in [0.4, 0.5) is 5.82 Å². The van der Waals surface area contributed by atoms with E-state index in [1.807, 2.05) is 55.8 Å². The van der Waals surface area contributed by atoms with Gasteiger partial charge in [0.15, 0.2) is 0 Å². The lowest BCUT2D eigenvalue weighted by atomic mass is 10.1. The van der Waals surface area contributed by atoms with Gasteiger partial charge < -0.3 is 14.9 Å². The Labute approximate surface area is 195 Å². The topological polar surface area (TPSA) is 88.5 Å². The standard InChI is InChI=1S/C25H21ClN6O/c1-16(21-10-19-9-20(26)12-29-24(19)31-25(21)33)30-23-11-18(7-8-28-23)22-13-27-15-32(22)14-17-5-3-2-4-6-17/h2-13,15-16H,14H2,1H3,(H,28,30)(H,29,31,33)/t16-/m0/s1. The van der Waals surface area contributed by atoms with Crippen molar-refractivity contribution in [3.63, 3.8) is 0 Å². The molecule has 164 valence electrons. The zero-order chi connectivity index (χ0) is 22.8. The summed E-state index contributed by atoms with van der Waals surface area (Å²) >= 11 is 6.06. The van der Waals surface area contributed by atoms with Crippen molar-refractivity contribution in [2.45, 2.75) is 19.5 Å². The zero-order valence-corrected chi connectivity index (χ0v) is 18.6. The Morgan fingerprint density at radius 1 is 1.09 bits per heavy atom. The van der Waals surface area contributed by atoms with E-state index >= 15 is 0 Å². The largest absolute Gasteiger partial charge is 0.363 e. The predicted octanol–water partition coefficient (Wildman–Crippen LogP) is 5.06. The fraction of sp³-hybridized carbons (Fsp3) is 0.120. The molecule has 1 aromatic carbocycles. The molecule has 0 fully saturated rings. The minimum Gasteiger partial charge on any atom is -0.363 e. The van der Waals surface area contributed by atoms with Crippen LogP contribution in [0.1, 0.15) is 24.1 Å². The van der Waals surface area contributed by atoms with E-state index in [1.165, 1.54) is 11.8 Å². The van der Waals surface area contributed by atoms with Crippen molar-refractivity contribution in [3.8, 4) is 11.3 Å². The third-order valence-corrected chi connectivity index (χ3v) is 5.69. The first kappa shape index (κ1) is 20.9. The molecule has 0 radical (unpaired) electrons. The first-order valence-electron chi connectivity index (χ1n) is 10.5. The van der Waals surface area contributed by atoms with E-state index in [0.717, 1.165) is 23.2 Å². The Morgan fingerprint density at radius 2 is 1.94 bits per heavy atom. The van der Waals surface area contributed by atoms with E-state index in [0.29, 0.717) is 22.1 Å². The number of aromatic amines is 1. The van der Waals surface area contributed by atoms with Gasteiger partial charge in [0.2, 0.25) is 0 Å². The molecule has 0 aliphatic heterocycles. The molecule has 1 atom stereocenters. The maximum Gasteiger partial charge on any atom is 0.254 e. The number of H-pyrrole nitrogens is 1. The first-order valence-corrected chi connectivity index (χ1v) is 10.9. The van der Waals surface area contributed by atoms with Crippen molar-refractivity contribution in [1.29, 1.82) is 0 Å². The Kier molecular flexibility index (Phi) is 5.62. The summed E-state index contributed by atoms with van der Waals surface area (Å²) in [7, 11) is 0. The number of fused-ring (bicyclic) bond motifs is 1. The van der Waals surface area contributed by atoms with Crippen LogP contribution in [-0.4, -0.2) is 24.5 Å². The Morgan fingerprint density at radius 3 is 2.79 bits per heavy atom. The van der Waals surface area contributed by atoms with Crippen LogP contribution >= 0.6 is 11.6 Å². The SMILES string of the molecule is C[C@H](Nc1cc(-c2cncn2Cc2ccccc2)ccn1)c1cc2cc(Cl)cnc2[nH]c1=O. The third kappa shape index (κ3) is 4.49. The molecule has 0 spiro atoms. The van der Waals surface area contributed by atoms with Crippen LogP contribution in [0.15, 0.2) is 84.3 Å². The van der Waals surface area contributed by atoms with E-state index in [1.54, 1.807) is 12.3 Å². The molecule has 0 aliphatic rings. The van der Waals surface area contributed by atoms with E-state index in [9.17, 15) is 4.79 Å². The Bertz CT molecular complexity index is 1480. The molecule has 0 saturated carbocycles. The van der Waals surface area contributed by atoms with Crippen molar-refractivity contribution in [2.24, 2.45) is 0 Å². The van der Waals surface area contributed by atoms with Gasteiger partial charge in [-0.05, 0) is 36.8 Å². The summed E-state index contributed by atoms with van der Waals surface area (Å²) in [6, 6.07) is 17.5. The second-order valence-electron chi connectivity index (χ2n) is 7.83. The lowest BCUT2D eigenvalue weighted by molar-refractivity contribution is 0.804. The molecular formula is C25H21ClN6O. The van der Waals surface area contributed by atoms with Gasteiger partial charge in [-0.15, -0.1) is 0 Å². The van der Waals surface area contributed by atoms with Gasteiger partial charge in [-0.25, -0.2) is 15.0 Å².